The van der Waals surface area contributed by atoms with Crippen molar-refractivity contribution >= 4 is 11.9 Å². The van der Waals surface area contributed by atoms with E-state index in [4.69, 9.17) is 4.74 Å². The second-order valence-corrected chi connectivity index (χ2v) is 6.58. The first-order valence-electron chi connectivity index (χ1n) is 9.43. The molecular formula is C19H27N7O2. The first-order valence-corrected chi connectivity index (χ1v) is 9.43. The molecule has 150 valence electrons. The number of aromatic nitrogens is 3. The number of nitrogens with zero attached hydrogens (tertiary/aromatic N) is 4. The number of rotatable bonds is 6. The molecule has 1 aliphatic rings. The third-order valence-corrected chi connectivity index (χ3v) is 4.71. The quantitative estimate of drug-likeness (QED) is 0.509. The number of guanidine groups is 1. The van der Waals surface area contributed by atoms with E-state index in [9.17, 15) is 4.79 Å². The molecule has 0 bridgehead atoms. The number of aromatic amines is 1. The lowest BCUT2D eigenvalue weighted by Gasteiger charge is -2.18. The summed E-state index contributed by atoms with van der Waals surface area (Å²) in [5, 5.41) is 13.8. The fourth-order valence-corrected chi connectivity index (χ4v) is 3.13. The highest BCUT2D eigenvalue weighted by atomic mass is 16.5. The van der Waals surface area contributed by atoms with Gasteiger partial charge in [0.05, 0.1) is 13.7 Å². The lowest BCUT2D eigenvalue weighted by atomic mass is 10.2. The molecule has 0 radical (unpaired) electrons. The number of likely N-dealkylation sites (tertiary alicyclic amines) is 1. The summed E-state index contributed by atoms with van der Waals surface area (Å²) in [6.07, 6.45) is 1.46. The fraction of sp³-hybridized carbons (Fsp3) is 0.474. The first kappa shape index (κ1) is 19.7. The average Bonchev–Trinajstić information content (AvgIpc) is 3.40. The van der Waals surface area contributed by atoms with Crippen LogP contribution in [0, 0.1) is 0 Å². The second-order valence-electron chi connectivity index (χ2n) is 6.58. The monoisotopic (exact) mass is 385 g/mol. The predicted molar refractivity (Wildman–Crippen MR) is 107 cm³/mol. The van der Waals surface area contributed by atoms with Crippen LogP contribution in [0.1, 0.15) is 25.6 Å². The number of benzene rings is 1. The topological polar surface area (TPSA) is 108 Å². The molecule has 9 nitrogen and oxygen atoms in total. The Balaban J connectivity index is 1.52. The van der Waals surface area contributed by atoms with E-state index >= 15 is 0 Å². The van der Waals surface area contributed by atoms with Crippen molar-refractivity contribution in [1.82, 2.24) is 30.7 Å². The van der Waals surface area contributed by atoms with Gasteiger partial charge in [-0.05, 0) is 30.7 Å². The summed E-state index contributed by atoms with van der Waals surface area (Å²) in [6.45, 7) is 3.85. The lowest BCUT2D eigenvalue weighted by Crippen LogP contribution is -2.44. The molecule has 1 unspecified atom stereocenters. The van der Waals surface area contributed by atoms with Crippen molar-refractivity contribution in [2.24, 2.45) is 4.99 Å². The van der Waals surface area contributed by atoms with Crippen LogP contribution in [0.4, 0.5) is 0 Å². The number of amides is 1. The van der Waals surface area contributed by atoms with Gasteiger partial charge >= 0.3 is 0 Å². The molecule has 1 amide bonds. The highest BCUT2D eigenvalue weighted by molar-refractivity contribution is 5.80. The highest BCUT2D eigenvalue weighted by Gasteiger charge is 2.25. The SMILES string of the molecule is CCC(=O)N1CCC(NC(=NC)NCc2nc(-c3ccc(OC)cc3)n[nH]2)C1. The van der Waals surface area contributed by atoms with Gasteiger partial charge in [0.15, 0.2) is 11.8 Å². The third-order valence-electron chi connectivity index (χ3n) is 4.71. The van der Waals surface area contributed by atoms with Crippen molar-refractivity contribution in [3.63, 3.8) is 0 Å². The van der Waals surface area contributed by atoms with Crippen LogP contribution < -0.4 is 15.4 Å². The number of hydrogen-bond acceptors (Lipinski definition) is 5. The van der Waals surface area contributed by atoms with Gasteiger partial charge in [-0.3, -0.25) is 14.9 Å². The summed E-state index contributed by atoms with van der Waals surface area (Å²) in [4.78, 5) is 22.5. The molecular weight excluding hydrogens is 358 g/mol. The maximum Gasteiger partial charge on any atom is 0.222 e. The van der Waals surface area contributed by atoms with Crippen molar-refractivity contribution in [3.8, 4) is 17.1 Å². The van der Waals surface area contributed by atoms with Crippen LogP contribution in [0.3, 0.4) is 0 Å². The van der Waals surface area contributed by atoms with Gasteiger partial charge in [-0.2, -0.15) is 5.10 Å². The van der Waals surface area contributed by atoms with Gasteiger partial charge in [0.1, 0.15) is 11.6 Å². The summed E-state index contributed by atoms with van der Waals surface area (Å²) in [5.74, 6) is 3.01. The van der Waals surface area contributed by atoms with Gasteiger partial charge in [0.25, 0.3) is 0 Å². The van der Waals surface area contributed by atoms with E-state index < -0.39 is 0 Å². The minimum atomic E-state index is 0.194. The third kappa shape index (κ3) is 4.79. The van der Waals surface area contributed by atoms with Crippen molar-refractivity contribution in [2.45, 2.75) is 32.4 Å². The molecule has 2 aromatic rings. The van der Waals surface area contributed by atoms with Crippen molar-refractivity contribution in [1.29, 1.82) is 0 Å². The molecule has 1 fully saturated rings. The van der Waals surface area contributed by atoms with Gasteiger partial charge in [-0.1, -0.05) is 6.92 Å². The van der Waals surface area contributed by atoms with E-state index in [-0.39, 0.29) is 11.9 Å². The average molecular weight is 385 g/mol. The molecule has 1 aromatic carbocycles. The van der Waals surface area contributed by atoms with E-state index in [0.29, 0.717) is 37.1 Å². The van der Waals surface area contributed by atoms with E-state index in [2.05, 4.69) is 30.8 Å². The zero-order chi connectivity index (χ0) is 19.9. The van der Waals surface area contributed by atoms with Crippen LogP contribution in [0.2, 0.25) is 0 Å². The van der Waals surface area contributed by atoms with Crippen LogP contribution >= 0.6 is 0 Å². The number of hydrogen-bond donors (Lipinski definition) is 3. The first-order chi connectivity index (χ1) is 13.6. The number of nitrogens with one attached hydrogen (secondary N) is 3. The van der Waals surface area contributed by atoms with Crippen LogP contribution in [-0.4, -0.2) is 65.2 Å². The summed E-state index contributed by atoms with van der Waals surface area (Å²) in [7, 11) is 3.36. The molecule has 0 aliphatic carbocycles. The Morgan fingerprint density at radius 3 is 2.86 bits per heavy atom. The Morgan fingerprint density at radius 2 is 2.18 bits per heavy atom. The van der Waals surface area contributed by atoms with E-state index in [1.54, 1.807) is 14.2 Å². The van der Waals surface area contributed by atoms with Gasteiger partial charge in [0, 0.05) is 38.2 Å². The van der Waals surface area contributed by atoms with Gasteiger partial charge < -0.3 is 20.3 Å². The Bertz CT molecular complexity index is 816. The van der Waals surface area contributed by atoms with Gasteiger partial charge in [0.2, 0.25) is 5.91 Å². The van der Waals surface area contributed by atoms with Crippen molar-refractivity contribution < 1.29 is 9.53 Å². The molecule has 28 heavy (non-hydrogen) atoms. The molecule has 2 heterocycles. The number of carbonyl (C=O) groups excluding carboxylic acids is 1. The smallest absolute Gasteiger partial charge is 0.222 e. The lowest BCUT2D eigenvalue weighted by molar-refractivity contribution is -0.129. The Labute approximate surface area is 164 Å². The Hall–Kier alpha value is -3.10. The minimum absolute atomic E-state index is 0.194. The molecule has 3 rings (SSSR count). The molecule has 1 atom stereocenters. The van der Waals surface area contributed by atoms with Gasteiger partial charge in [-0.25, -0.2) is 4.98 Å². The molecule has 9 heteroatoms. The normalized spacial score (nSPS) is 16.9. The summed E-state index contributed by atoms with van der Waals surface area (Å²) >= 11 is 0. The number of carbonyl (C=O) groups is 1. The second kappa shape index (κ2) is 9.20. The molecule has 1 saturated heterocycles. The summed E-state index contributed by atoms with van der Waals surface area (Å²) in [6, 6.07) is 7.80. The molecule has 0 spiro atoms. The number of ether oxygens (including phenoxy) is 1. The van der Waals surface area contributed by atoms with E-state index in [0.717, 1.165) is 24.3 Å². The maximum absolute atomic E-state index is 11.8. The molecule has 3 N–H and O–H groups in total. The number of methoxy groups -OCH3 is 1. The number of aliphatic imine (C=N–C) groups is 1. The standard InChI is InChI=1S/C19H27N7O2/c1-4-17(27)26-10-9-14(12-26)22-19(20-2)21-11-16-23-18(25-24-16)13-5-7-15(28-3)8-6-13/h5-8,14H,4,9-12H2,1-3H3,(H2,20,21,22)(H,23,24,25). The van der Waals surface area contributed by atoms with Crippen LogP contribution in [0.5, 0.6) is 5.75 Å². The zero-order valence-electron chi connectivity index (χ0n) is 16.5. The van der Waals surface area contributed by atoms with E-state index in [1.165, 1.54) is 0 Å². The van der Waals surface area contributed by atoms with Crippen molar-refractivity contribution in [3.05, 3.63) is 30.1 Å². The summed E-state index contributed by atoms with van der Waals surface area (Å²) in [5.41, 5.74) is 0.914. The number of H-pyrrole nitrogens is 1. The molecule has 1 aromatic heterocycles. The molecule has 1 aliphatic heterocycles. The molecule has 0 saturated carbocycles. The predicted octanol–water partition coefficient (Wildman–Crippen LogP) is 1.16. The maximum atomic E-state index is 11.8. The Morgan fingerprint density at radius 1 is 1.39 bits per heavy atom. The van der Waals surface area contributed by atoms with Gasteiger partial charge in [-0.15, -0.1) is 0 Å². The Kier molecular flexibility index (Phi) is 6.46. The van der Waals surface area contributed by atoms with Crippen molar-refractivity contribution in [2.75, 3.05) is 27.2 Å². The van der Waals surface area contributed by atoms with Crippen LogP contribution in [-0.2, 0) is 11.3 Å². The minimum Gasteiger partial charge on any atom is -0.497 e. The van der Waals surface area contributed by atoms with Crippen LogP contribution in [0.15, 0.2) is 29.3 Å². The highest BCUT2D eigenvalue weighted by Crippen LogP contribution is 2.18. The van der Waals surface area contributed by atoms with Crippen LogP contribution in [0.25, 0.3) is 11.4 Å². The zero-order valence-corrected chi connectivity index (χ0v) is 16.5. The largest absolute Gasteiger partial charge is 0.497 e. The fourth-order valence-electron chi connectivity index (χ4n) is 3.13. The summed E-state index contributed by atoms with van der Waals surface area (Å²) < 4.78 is 5.17. The van der Waals surface area contributed by atoms with E-state index in [1.807, 2.05) is 36.1 Å².